The van der Waals surface area contributed by atoms with Gasteiger partial charge in [0.15, 0.2) is 0 Å². The van der Waals surface area contributed by atoms with Gasteiger partial charge in [-0.05, 0) is 55.4 Å². The molecular weight excluding hydrogens is 312 g/mol. The fraction of sp³-hybridized carbons (Fsp3) is 0.364. The lowest BCUT2D eigenvalue weighted by Gasteiger charge is -2.17. The smallest absolute Gasteiger partial charge is 0.310 e. The van der Waals surface area contributed by atoms with Crippen LogP contribution in [-0.2, 0) is 16.0 Å². The van der Waals surface area contributed by atoms with Crippen LogP contribution < -0.4 is 0 Å². The monoisotopic (exact) mass is 336 g/mol. The first kappa shape index (κ1) is 17.4. The van der Waals surface area contributed by atoms with E-state index < -0.39 is 11.9 Å². The van der Waals surface area contributed by atoms with E-state index in [9.17, 15) is 14.7 Å². The largest absolute Gasteiger partial charge is 0.481 e. The number of carboxylic acids is 1. The van der Waals surface area contributed by atoms with Crippen molar-refractivity contribution in [2.24, 2.45) is 5.92 Å². The van der Waals surface area contributed by atoms with Crippen LogP contribution in [0.1, 0.15) is 48.8 Å². The van der Waals surface area contributed by atoms with Gasteiger partial charge in [0.2, 0.25) is 0 Å². The molecule has 0 bridgehead atoms. The molecule has 3 heteroatoms. The van der Waals surface area contributed by atoms with Crippen molar-refractivity contribution in [2.45, 2.75) is 45.4 Å². The van der Waals surface area contributed by atoms with Crippen molar-refractivity contribution in [1.82, 2.24) is 0 Å². The average Bonchev–Trinajstić information content (AvgIpc) is 2.99. The van der Waals surface area contributed by atoms with E-state index in [1.807, 2.05) is 43.3 Å². The molecule has 130 valence electrons. The predicted molar refractivity (Wildman–Crippen MR) is 98.7 cm³/mol. The van der Waals surface area contributed by atoms with Gasteiger partial charge in [-0.2, -0.15) is 0 Å². The number of rotatable bonds is 5. The SMILES string of the molecule is Cc1ccc(-c2cc(CC3CCCC3=O)ccc2C(C)C(=O)O)cc1. The summed E-state index contributed by atoms with van der Waals surface area (Å²) in [5, 5.41) is 9.44. The molecule has 2 unspecified atom stereocenters. The average molecular weight is 336 g/mol. The molecule has 2 aromatic carbocycles. The van der Waals surface area contributed by atoms with Crippen LogP contribution in [0, 0.1) is 12.8 Å². The maximum atomic E-state index is 12.0. The minimum absolute atomic E-state index is 0.119. The molecule has 2 aromatic rings. The van der Waals surface area contributed by atoms with Gasteiger partial charge in [0, 0.05) is 12.3 Å². The normalized spacial score (nSPS) is 18.3. The van der Waals surface area contributed by atoms with Gasteiger partial charge in [-0.15, -0.1) is 0 Å². The molecule has 0 saturated heterocycles. The van der Waals surface area contributed by atoms with Crippen LogP contribution >= 0.6 is 0 Å². The topological polar surface area (TPSA) is 54.4 Å². The van der Waals surface area contributed by atoms with E-state index in [1.54, 1.807) is 6.92 Å². The van der Waals surface area contributed by atoms with Gasteiger partial charge in [-0.1, -0.05) is 48.0 Å². The Bertz CT molecular complexity index is 789. The van der Waals surface area contributed by atoms with E-state index in [1.165, 1.54) is 5.56 Å². The Morgan fingerprint density at radius 1 is 1.20 bits per heavy atom. The number of carbonyl (C=O) groups is 2. The first-order chi connectivity index (χ1) is 12.0. The highest BCUT2D eigenvalue weighted by molar-refractivity contribution is 5.83. The lowest BCUT2D eigenvalue weighted by molar-refractivity contribution is -0.138. The highest BCUT2D eigenvalue weighted by atomic mass is 16.4. The second-order valence-corrected chi connectivity index (χ2v) is 7.11. The third kappa shape index (κ3) is 3.81. The number of hydrogen-bond acceptors (Lipinski definition) is 2. The maximum Gasteiger partial charge on any atom is 0.310 e. The molecule has 2 atom stereocenters. The number of Topliss-reactive ketones (excluding diaryl/α,β-unsaturated/α-hetero) is 1. The van der Waals surface area contributed by atoms with E-state index in [0.717, 1.165) is 41.5 Å². The Morgan fingerprint density at radius 2 is 1.92 bits per heavy atom. The summed E-state index contributed by atoms with van der Waals surface area (Å²) in [4.78, 5) is 23.5. The van der Waals surface area contributed by atoms with Crippen LogP contribution in [0.2, 0.25) is 0 Å². The lowest BCUT2D eigenvalue weighted by Crippen LogP contribution is -2.11. The summed E-state index contributed by atoms with van der Waals surface area (Å²) in [6.45, 7) is 3.75. The molecule has 0 heterocycles. The second-order valence-electron chi connectivity index (χ2n) is 7.11. The number of aliphatic carboxylic acids is 1. The van der Waals surface area contributed by atoms with Crippen LogP contribution in [0.15, 0.2) is 42.5 Å². The van der Waals surface area contributed by atoms with Gasteiger partial charge >= 0.3 is 5.97 Å². The number of benzene rings is 2. The molecule has 0 radical (unpaired) electrons. The van der Waals surface area contributed by atoms with Gasteiger partial charge in [-0.3, -0.25) is 9.59 Å². The quantitative estimate of drug-likeness (QED) is 0.856. The summed E-state index contributed by atoms with van der Waals surface area (Å²) < 4.78 is 0. The van der Waals surface area contributed by atoms with E-state index in [4.69, 9.17) is 0 Å². The standard InChI is InChI=1S/C22H24O3/c1-14-6-9-17(10-7-14)20-13-16(12-18-4-3-5-21(18)23)8-11-19(20)15(2)22(24)25/h6-11,13,15,18H,3-5,12H2,1-2H3,(H,24,25). The Kier molecular flexibility index (Phi) is 5.03. The second kappa shape index (κ2) is 7.22. The molecule has 0 aliphatic heterocycles. The Hall–Kier alpha value is -2.42. The molecule has 0 spiro atoms. The van der Waals surface area contributed by atoms with Crippen molar-refractivity contribution in [3.63, 3.8) is 0 Å². The van der Waals surface area contributed by atoms with Gasteiger partial charge in [0.1, 0.15) is 5.78 Å². The molecule has 0 amide bonds. The van der Waals surface area contributed by atoms with Gasteiger partial charge < -0.3 is 5.11 Å². The van der Waals surface area contributed by atoms with E-state index >= 15 is 0 Å². The zero-order valence-electron chi connectivity index (χ0n) is 14.8. The Labute approximate surface area is 148 Å². The zero-order chi connectivity index (χ0) is 18.0. The van der Waals surface area contributed by atoms with Crippen molar-refractivity contribution in [1.29, 1.82) is 0 Å². The highest BCUT2D eigenvalue weighted by Crippen LogP contribution is 2.33. The summed E-state index contributed by atoms with van der Waals surface area (Å²) in [5.74, 6) is -0.918. The molecule has 3 rings (SSSR count). The summed E-state index contributed by atoms with van der Waals surface area (Å²) in [5.41, 5.74) is 5.07. The number of hydrogen-bond donors (Lipinski definition) is 1. The van der Waals surface area contributed by atoms with Crippen LogP contribution in [0.5, 0.6) is 0 Å². The first-order valence-electron chi connectivity index (χ1n) is 8.91. The number of carboxylic acid groups (broad SMARTS) is 1. The fourth-order valence-electron chi connectivity index (χ4n) is 3.61. The minimum atomic E-state index is -0.827. The highest BCUT2D eigenvalue weighted by Gasteiger charge is 2.25. The maximum absolute atomic E-state index is 12.0. The predicted octanol–water partition coefficient (Wildman–Crippen LogP) is 4.76. The number of aryl methyl sites for hydroxylation is 1. The molecule has 1 saturated carbocycles. The minimum Gasteiger partial charge on any atom is -0.481 e. The summed E-state index contributed by atoms with van der Waals surface area (Å²) >= 11 is 0. The summed E-state index contributed by atoms with van der Waals surface area (Å²) in [7, 11) is 0. The van der Waals surface area contributed by atoms with E-state index in [2.05, 4.69) is 6.07 Å². The van der Waals surface area contributed by atoms with Crippen molar-refractivity contribution in [3.8, 4) is 11.1 Å². The van der Waals surface area contributed by atoms with Crippen molar-refractivity contribution in [2.75, 3.05) is 0 Å². The third-order valence-electron chi connectivity index (χ3n) is 5.23. The number of ketones is 1. The molecule has 1 aliphatic rings. The molecule has 1 fully saturated rings. The van der Waals surface area contributed by atoms with Crippen molar-refractivity contribution >= 4 is 11.8 Å². The molecule has 25 heavy (non-hydrogen) atoms. The lowest BCUT2D eigenvalue weighted by atomic mass is 9.87. The van der Waals surface area contributed by atoms with Crippen molar-refractivity contribution < 1.29 is 14.7 Å². The van der Waals surface area contributed by atoms with Crippen LogP contribution in [0.25, 0.3) is 11.1 Å². The summed E-state index contributed by atoms with van der Waals surface area (Å²) in [6.07, 6.45) is 3.40. The zero-order valence-corrected chi connectivity index (χ0v) is 14.8. The summed E-state index contributed by atoms with van der Waals surface area (Å²) in [6, 6.07) is 14.1. The first-order valence-corrected chi connectivity index (χ1v) is 8.91. The van der Waals surface area contributed by atoms with Crippen LogP contribution in [0.4, 0.5) is 0 Å². The van der Waals surface area contributed by atoms with E-state index in [-0.39, 0.29) is 5.92 Å². The molecule has 0 aromatic heterocycles. The Balaban J connectivity index is 2.00. The molecular formula is C22H24O3. The van der Waals surface area contributed by atoms with Crippen LogP contribution in [0.3, 0.4) is 0 Å². The van der Waals surface area contributed by atoms with Gasteiger partial charge in [-0.25, -0.2) is 0 Å². The molecule has 1 N–H and O–H groups in total. The van der Waals surface area contributed by atoms with Gasteiger partial charge in [0.25, 0.3) is 0 Å². The van der Waals surface area contributed by atoms with Gasteiger partial charge in [0.05, 0.1) is 5.92 Å². The third-order valence-corrected chi connectivity index (χ3v) is 5.23. The van der Waals surface area contributed by atoms with Crippen molar-refractivity contribution in [3.05, 3.63) is 59.2 Å². The fourth-order valence-corrected chi connectivity index (χ4v) is 3.61. The Morgan fingerprint density at radius 3 is 2.52 bits per heavy atom. The number of carbonyl (C=O) groups excluding carboxylic acids is 1. The molecule has 3 nitrogen and oxygen atoms in total. The van der Waals surface area contributed by atoms with Crippen LogP contribution in [-0.4, -0.2) is 16.9 Å². The molecule has 1 aliphatic carbocycles. The van der Waals surface area contributed by atoms with E-state index in [0.29, 0.717) is 12.2 Å².